The number of hydrogen-bond donors (Lipinski definition) is 1. The van der Waals surface area contributed by atoms with E-state index in [1.165, 1.54) is 0 Å². The molecule has 0 aromatic rings. The van der Waals surface area contributed by atoms with Crippen LogP contribution in [0.4, 0.5) is 0 Å². The lowest BCUT2D eigenvalue weighted by atomic mass is 9.73. The molecule has 1 nitrogen and oxygen atoms in total. The molecule has 2 rings (SSSR count). The lowest BCUT2D eigenvalue weighted by Crippen LogP contribution is -2.37. The summed E-state index contributed by atoms with van der Waals surface area (Å²) in [5.74, 6) is 1.35. The van der Waals surface area contributed by atoms with Gasteiger partial charge in [0.15, 0.2) is 0 Å². The minimum Gasteiger partial charge on any atom is -0.393 e. The summed E-state index contributed by atoms with van der Waals surface area (Å²) in [6.45, 7) is 0. The third kappa shape index (κ3) is 0.402. The summed E-state index contributed by atoms with van der Waals surface area (Å²) in [7, 11) is 0. The molecule has 1 fully saturated rings. The van der Waals surface area contributed by atoms with E-state index in [-0.39, 0.29) is 6.10 Å². The van der Waals surface area contributed by atoms with Gasteiger partial charge < -0.3 is 5.11 Å². The van der Waals surface area contributed by atoms with Gasteiger partial charge in [0.25, 0.3) is 0 Å². The molecule has 44 valence electrons. The highest BCUT2D eigenvalue weighted by Gasteiger charge is 2.39. The van der Waals surface area contributed by atoms with Crippen molar-refractivity contribution < 1.29 is 5.11 Å². The van der Waals surface area contributed by atoms with Crippen molar-refractivity contribution in [2.75, 3.05) is 0 Å². The summed E-state index contributed by atoms with van der Waals surface area (Å²) < 4.78 is 0. The Hall–Kier alpha value is -0.300. The highest BCUT2D eigenvalue weighted by atomic mass is 16.3. The van der Waals surface area contributed by atoms with E-state index in [2.05, 4.69) is 12.2 Å². The van der Waals surface area contributed by atoms with E-state index in [1.807, 2.05) is 0 Å². The Morgan fingerprint density at radius 3 is 2.88 bits per heavy atom. The SMILES string of the molecule is OC1C[C@H]2C=CCC12. The van der Waals surface area contributed by atoms with Crippen molar-refractivity contribution in [1.29, 1.82) is 0 Å². The van der Waals surface area contributed by atoms with E-state index in [0.717, 1.165) is 18.8 Å². The van der Waals surface area contributed by atoms with Gasteiger partial charge >= 0.3 is 0 Å². The number of fused-ring (bicyclic) bond motifs is 1. The van der Waals surface area contributed by atoms with Gasteiger partial charge in [-0.1, -0.05) is 12.2 Å². The second-order valence-electron chi connectivity index (χ2n) is 2.79. The molecule has 0 heterocycles. The maximum Gasteiger partial charge on any atom is 0.0582 e. The van der Waals surface area contributed by atoms with Crippen LogP contribution in [-0.4, -0.2) is 11.2 Å². The molecular weight excluding hydrogens is 100 g/mol. The minimum absolute atomic E-state index is 0.0231. The third-order valence-corrected chi connectivity index (χ3v) is 2.35. The van der Waals surface area contributed by atoms with Gasteiger partial charge in [0.1, 0.15) is 0 Å². The van der Waals surface area contributed by atoms with E-state index in [0.29, 0.717) is 5.92 Å². The number of aliphatic hydroxyl groups is 1. The lowest BCUT2D eigenvalue weighted by Gasteiger charge is -2.36. The largest absolute Gasteiger partial charge is 0.393 e. The Kier molecular flexibility index (Phi) is 0.770. The first kappa shape index (κ1) is 4.57. The highest BCUT2D eigenvalue weighted by Crippen LogP contribution is 2.42. The molecule has 0 aromatic heterocycles. The van der Waals surface area contributed by atoms with Crippen LogP contribution in [0.1, 0.15) is 12.8 Å². The average Bonchev–Trinajstić information content (AvgIpc) is 2.09. The first-order valence-corrected chi connectivity index (χ1v) is 3.22. The molecule has 2 aliphatic carbocycles. The number of hydrogen-bond acceptors (Lipinski definition) is 1. The fourth-order valence-electron chi connectivity index (χ4n) is 1.68. The minimum atomic E-state index is 0.0231. The average molecular weight is 110 g/mol. The smallest absolute Gasteiger partial charge is 0.0582 e. The molecule has 1 heteroatoms. The Morgan fingerprint density at radius 2 is 2.38 bits per heavy atom. The zero-order valence-electron chi connectivity index (χ0n) is 4.75. The molecular formula is C7H10O. The molecule has 0 amide bonds. The van der Waals surface area contributed by atoms with Crippen molar-refractivity contribution in [3.63, 3.8) is 0 Å². The van der Waals surface area contributed by atoms with Crippen molar-refractivity contribution >= 4 is 0 Å². The fourth-order valence-corrected chi connectivity index (χ4v) is 1.68. The standard InChI is InChI=1S/C7H10O/c8-7-4-5-2-1-3-6(5)7/h1-2,5-8H,3-4H2/t5-,6?,7?/m1/s1. The first-order chi connectivity index (χ1) is 3.88. The van der Waals surface area contributed by atoms with Gasteiger partial charge in [0, 0.05) is 0 Å². The van der Waals surface area contributed by atoms with Crippen molar-refractivity contribution in [3.05, 3.63) is 12.2 Å². The van der Waals surface area contributed by atoms with Crippen LogP contribution in [0.15, 0.2) is 12.2 Å². The van der Waals surface area contributed by atoms with Crippen LogP contribution >= 0.6 is 0 Å². The molecule has 1 saturated carbocycles. The number of allylic oxidation sites excluding steroid dienone is 2. The van der Waals surface area contributed by atoms with Crippen molar-refractivity contribution in [2.45, 2.75) is 18.9 Å². The van der Waals surface area contributed by atoms with E-state index < -0.39 is 0 Å². The lowest BCUT2D eigenvalue weighted by molar-refractivity contribution is -0.00322. The van der Waals surface area contributed by atoms with E-state index >= 15 is 0 Å². The van der Waals surface area contributed by atoms with Crippen molar-refractivity contribution in [2.24, 2.45) is 11.8 Å². The molecule has 2 aliphatic rings. The third-order valence-electron chi connectivity index (χ3n) is 2.35. The molecule has 3 atom stereocenters. The number of rotatable bonds is 0. The normalized spacial score (nSPS) is 50.9. The predicted molar refractivity (Wildman–Crippen MR) is 31.4 cm³/mol. The maximum atomic E-state index is 9.08. The van der Waals surface area contributed by atoms with Crippen LogP contribution in [-0.2, 0) is 0 Å². The van der Waals surface area contributed by atoms with Crippen molar-refractivity contribution in [3.8, 4) is 0 Å². The summed E-state index contributed by atoms with van der Waals surface area (Å²) >= 11 is 0. The fraction of sp³-hybridized carbons (Fsp3) is 0.714. The zero-order valence-corrected chi connectivity index (χ0v) is 4.75. The van der Waals surface area contributed by atoms with Crippen molar-refractivity contribution in [1.82, 2.24) is 0 Å². The molecule has 0 aromatic carbocycles. The quantitative estimate of drug-likeness (QED) is 0.460. The highest BCUT2D eigenvalue weighted by molar-refractivity contribution is 5.09. The molecule has 1 N–H and O–H groups in total. The summed E-state index contributed by atoms with van der Waals surface area (Å²) in [5.41, 5.74) is 0. The zero-order chi connectivity index (χ0) is 5.56. The van der Waals surface area contributed by atoms with Gasteiger partial charge in [0.2, 0.25) is 0 Å². The molecule has 2 unspecified atom stereocenters. The predicted octanol–water partition coefficient (Wildman–Crippen LogP) is 0.943. The van der Waals surface area contributed by atoms with Crippen LogP contribution < -0.4 is 0 Å². The molecule has 8 heavy (non-hydrogen) atoms. The Labute approximate surface area is 49.0 Å². The van der Waals surface area contributed by atoms with E-state index in [4.69, 9.17) is 5.11 Å². The van der Waals surface area contributed by atoms with E-state index in [9.17, 15) is 0 Å². The van der Waals surface area contributed by atoms with Gasteiger partial charge in [-0.2, -0.15) is 0 Å². The summed E-state index contributed by atoms with van der Waals surface area (Å²) in [4.78, 5) is 0. The number of aliphatic hydroxyl groups excluding tert-OH is 1. The monoisotopic (exact) mass is 110 g/mol. The summed E-state index contributed by atoms with van der Waals surface area (Å²) in [6, 6.07) is 0. The second-order valence-corrected chi connectivity index (χ2v) is 2.79. The van der Waals surface area contributed by atoms with Gasteiger partial charge in [-0.05, 0) is 24.7 Å². The van der Waals surface area contributed by atoms with Gasteiger partial charge in [-0.3, -0.25) is 0 Å². The topological polar surface area (TPSA) is 20.2 Å². The van der Waals surface area contributed by atoms with Crippen LogP contribution in [0.2, 0.25) is 0 Å². The van der Waals surface area contributed by atoms with Crippen LogP contribution in [0.3, 0.4) is 0 Å². The molecule has 0 radical (unpaired) electrons. The van der Waals surface area contributed by atoms with E-state index in [1.54, 1.807) is 0 Å². The Morgan fingerprint density at radius 1 is 1.50 bits per heavy atom. The van der Waals surface area contributed by atoms with Gasteiger partial charge in [-0.15, -0.1) is 0 Å². The summed E-state index contributed by atoms with van der Waals surface area (Å²) in [6.07, 6.45) is 6.57. The molecule has 0 aliphatic heterocycles. The van der Waals surface area contributed by atoms with Gasteiger partial charge in [0.05, 0.1) is 6.10 Å². The summed E-state index contributed by atoms with van der Waals surface area (Å²) in [5, 5.41) is 9.08. The van der Waals surface area contributed by atoms with Crippen LogP contribution in [0.25, 0.3) is 0 Å². The Balaban J connectivity index is 2.08. The molecule has 0 bridgehead atoms. The van der Waals surface area contributed by atoms with Crippen LogP contribution in [0, 0.1) is 11.8 Å². The first-order valence-electron chi connectivity index (χ1n) is 3.22. The van der Waals surface area contributed by atoms with Gasteiger partial charge in [-0.25, -0.2) is 0 Å². The molecule has 0 saturated heterocycles. The van der Waals surface area contributed by atoms with Crippen LogP contribution in [0.5, 0.6) is 0 Å². The Bertz CT molecular complexity index is 128. The second kappa shape index (κ2) is 1.35. The maximum absolute atomic E-state index is 9.08. The molecule has 0 spiro atoms.